The molecule has 0 aliphatic carbocycles. The zero-order valence-electron chi connectivity index (χ0n) is 14.6. The minimum Gasteiger partial charge on any atom is -0.341 e. The fourth-order valence-corrected chi connectivity index (χ4v) is 3.08. The average Bonchev–Trinajstić information content (AvgIpc) is 3.03. The first-order valence-corrected chi connectivity index (χ1v) is 8.69. The zero-order valence-corrected chi connectivity index (χ0v) is 14.6. The normalized spacial score (nSPS) is 18.2. The maximum absolute atomic E-state index is 12.4. The van der Waals surface area contributed by atoms with E-state index in [2.05, 4.69) is 48.3 Å². The molecule has 6 nitrogen and oxygen atoms in total. The van der Waals surface area contributed by atoms with Gasteiger partial charge in [-0.25, -0.2) is 0 Å². The molecule has 3 rings (SSSR count). The summed E-state index contributed by atoms with van der Waals surface area (Å²) in [7, 11) is 0. The topological polar surface area (TPSA) is 63.9 Å². The van der Waals surface area contributed by atoms with Crippen LogP contribution in [0.3, 0.4) is 0 Å². The zero-order chi connectivity index (χ0) is 17.1. The molecule has 128 valence electrons. The van der Waals surface area contributed by atoms with Crippen LogP contribution in [0.15, 0.2) is 24.3 Å². The average molecular weight is 327 g/mol. The van der Waals surface area contributed by atoms with Crippen molar-refractivity contribution in [1.29, 1.82) is 0 Å². The van der Waals surface area contributed by atoms with Crippen molar-refractivity contribution in [1.82, 2.24) is 25.1 Å². The third-order valence-electron chi connectivity index (χ3n) is 4.57. The molecule has 2 heterocycles. The Kier molecular flexibility index (Phi) is 4.92. The van der Waals surface area contributed by atoms with Crippen LogP contribution in [0.1, 0.15) is 45.1 Å². The molecule has 0 radical (unpaired) electrons. The molecule has 24 heavy (non-hydrogen) atoms. The van der Waals surface area contributed by atoms with Crippen LogP contribution in [0.5, 0.6) is 0 Å². The molecule has 1 amide bonds. The minimum atomic E-state index is 0.0701. The molecule has 0 spiro atoms. The first-order valence-electron chi connectivity index (χ1n) is 8.69. The fourth-order valence-electron chi connectivity index (χ4n) is 3.08. The summed E-state index contributed by atoms with van der Waals surface area (Å²) in [4.78, 5) is 15.7. The summed E-state index contributed by atoms with van der Waals surface area (Å²) >= 11 is 0. The summed E-state index contributed by atoms with van der Waals surface area (Å²) in [5, 5.41) is 12.5. The third kappa shape index (κ3) is 3.80. The highest BCUT2D eigenvalue weighted by Crippen LogP contribution is 2.19. The van der Waals surface area contributed by atoms with Crippen LogP contribution in [0.25, 0.3) is 11.4 Å². The molecule has 1 fully saturated rings. The summed E-state index contributed by atoms with van der Waals surface area (Å²) in [6.07, 6.45) is 2.27. The highest BCUT2D eigenvalue weighted by Gasteiger charge is 2.21. The fraction of sp³-hybridized carbons (Fsp3) is 0.556. The lowest BCUT2D eigenvalue weighted by atomic mass is 10.0. The molecule has 0 saturated carbocycles. The Morgan fingerprint density at radius 1 is 1.29 bits per heavy atom. The number of hydrogen-bond donors (Lipinski definition) is 0. The summed E-state index contributed by atoms with van der Waals surface area (Å²) in [5.41, 5.74) is 2.20. The predicted octanol–water partition coefficient (Wildman–Crippen LogP) is 2.72. The minimum absolute atomic E-state index is 0.0701. The van der Waals surface area contributed by atoms with Crippen molar-refractivity contribution in [3.05, 3.63) is 29.8 Å². The second-order valence-corrected chi connectivity index (χ2v) is 7.01. The van der Waals surface area contributed by atoms with Gasteiger partial charge in [-0.2, -0.15) is 4.80 Å². The van der Waals surface area contributed by atoms with Gasteiger partial charge in [0.05, 0.1) is 0 Å². The molecule has 1 aromatic heterocycles. The van der Waals surface area contributed by atoms with Crippen molar-refractivity contribution < 1.29 is 4.79 Å². The summed E-state index contributed by atoms with van der Waals surface area (Å²) in [6, 6.07) is 8.18. The van der Waals surface area contributed by atoms with Gasteiger partial charge in [-0.05, 0) is 35.5 Å². The number of tetrazole rings is 1. The van der Waals surface area contributed by atoms with Gasteiger partial charge >= 0.3 is 0 Å². The van der Waals surface area contributed by atoms with Crippen LogP contribution < -0.4 is 0 Å². The van der Waals surface area contributed by atoms with Gasteiger partial charge in [0.25, 0.3) is 0 Å². The number of rotatable bonds is 4. The Labute approximate surface area is 142 Å². The van der Waals surface area contributed by atoms with Crippen molar-refractivity contribution in [2.45, 2.75) is 46.1 Å². The number of likely N-dealkylation sites (tertiary alicyclic amines) is 1. The van der Waals surface area contributed by atoms with Crippen LogP contribution in [-0.4, -0.2) is 44.1 Å². The Balaban J connectivity index is 1.65. The van der Waals surface area contributed by atoms with Gasteiger partial charge in [0.15, 0.2) is 0 Å². The van der Waals surface area contributed by atoms with E-state index in [4.69, 9.17) is 0 Å². The molecule has 0 unspecified atom stereocenters. The number of hydrogen-bond acceptors (Lipinski definition) is 4. The molecule has 2 aromatic rings. The number of aromatic nitrogens is 4. The maximum atomic E-state index is 12.4. The van der Waals surface area contributed by atoms with Crippen molar-refractivity contribution in [2.75, 3.05) is 13.1 Å². The highest BCUT2D eigenvalue weighted by atomic mass is 16.2. The van der Waals surface area contributed by atoms with Gasteiger partial charge in [0, 0.05) is 18.7 Å². The van der Waals surface area contributed by atoms with E-state index in [1.165, 1.54) is 16.8 Å². The lowest BCUT2D eigenvalue weighted by Gasteiger charge is -2.30. The first kappa shape index (κ1) is 16.6. The van der Waals surface area contributed by atoms with Gasteiger partial charge in [-0.3, -0.25) is 4.79 Å². The van der Waals surface area contributed by atoms with Crippen LogP contribution in [-0.2, 0) is 11.3 Å². The summed E-state index contributed by atoms with van der Waals surface area (Å²) < 4.78 is 0. The SMILES string of the molecule is CC(C)c1ccc(-c2nnn(CC(=O)N3CCC[C@@H](C)C3)n2)cc1. The molecule has 1 atom stereocenters. The quantitative estimate of drug-likeness (QED) is 0.866. The Hall–Kier alpha value is -2.24. The largest absolute Gasteiger partial charge is 0.341 e. The molecule has 6 heteroatoms. The molecule has 1 saturated heterocycles. The number of carbonyl (C=O) groups excluding carboxylic acids is 1. The van der Waals surface area contributed by atoms with Crippen molar-refractivity contribution in [3.8, 4) is 11.4 Å². The van der Waals surface area contributed by atoms with E-state index in [0.717, 1.165) is 25.1 Å². The Morgan fingerprint density at radius 3 is 2.71 bits per heavy atom. The number of carbonyl (C=O) groups is 1. The van der Waals surface area contributed by atoms with E-state index in [0.29, 0.717) is 17.7 Å². The van der Waals surface area contributed by atoms with Gasteiger partial charge in [0.1, 0.15) is 6.54 Å². The predicted molar refractivity (Wildman–Crippen MR) is 92.3 cm³/mol. The second-order valence-electron chi connectivity index (χ2n) is 7.01. The molecular formula is C18H25N5O. The van der Waals surface area contributed by atoms with Gasteiger partial charge in [-0.1, -0.05) is 45.0 Å². The Morgan fingerprint density at radius 2 is 2.04 bits per heavy atom. The van der Waals surface area contributed by atoms with Gasteiger partial charge in [-0.15, -0.1) is 10.2 Å². The monoisotopic (exact) mass is 327 g/mol. The standard InChI is InChI=1S/C18H25N5O/c1-13(2)15-6-8-16(9-7-15)18-19-21-23(20-18)12-17(24)22-10-4-5-14(3)11-22/h6-9,13-14H,4-5,10-12H2,1-3H3/t14-/m1/s1. The Bertz CT molecular complexity index is 692. The van der Waals surface area contributed by atoms with Crippen LogP contribution in [0.2, 0.25) is 0 Å². The number of piperidine rings is 1. The molecular weight excluding hydrogens is 302 g/mol. The summed E-state index contributed by atoms with van der Waals surface area (Å²) in [6.45, 7) is 8.33. The van der Waals surface area contributed by atoms with Crippen molar-refractivity contribution in [2.24, 2.45) is 5.92 Å². The number of benzene rings is 1. The first-order chi connectivity index (χ1) is 11.5. The van der Waals surface area contributed by atoms with E-state index >= 15 is 0 Å². The van der Waals surface area contributed by atoms with Gasteiger partial charge < -0.3 is 4.90 Å². The lowest BCUT2D eigenvalue weighted by Crippen LogP contribution is -2.41. The van der Waals surface area contributed by atoms with E-state index in [-0.39, 0.29) is 12.5 Å². The number of nitrogens with zero attached hydrogens (tertiary/aromatic N) is 5. The summed E-state index contributed by atoms with van der Waals surface area (Å²) in [5.74, 6) is 1.69. The second kappa shape index (κ2) is 7.11. The molecule has 0 N–H and O–H groups in total. The van der Waals surface area contributed by atoms with Crippen LogP contribution in [0.4, 0.5) is 0 Å². The smallest absolute Gasteiger partial charge is 0.246 e. The van der Waals surface area contributed by atoms with E-state index in [1.807, 2.05) is 17.0 Å². The van der Waals surface area contributed by atoms with Crippen LogP contribution in [0, 0.1) is 5.92 Å². The highest BCUT2D eigenvalue weighted by molar-refractivity contribution is 5.75. The molecule has 1 aromatic carbocycles. The molecule has 0 bridgehead atoms. The molecule has 1 aliphatic heterocycles. The van der Waals surface area contributed by atoms with Crippen molar-refractivity contribution in [3.63, 3.8) is 0 Å². The molecule has 1 aliphatic rings. The van der Waals surface area contributed by atoms with E-state index in [9.17, 15) is 4.79 Å². The van der Waals surface area contributed by atoms with Gasteiger partial charge in [0.2, 0.25) is 11.7 Å². The van der Waals surface area contributed by atoms with E-state index < -0.39 is 0 Å². The maximum Gasteiger partial charge on any atom is 0.246 e. The number of amides is 1. The third-order valence-corrected chi connectivity index (χ3v) is 4.57. The van der Waals surface area contributed by atoms with Crippen LogP contribution >= 0.6 is 0 Å². The van der Waals surface area contributed by atoms with Crippen molar-refractivity contribution >= 4 is 5.91 Å². The lowest BCUT2D eigenvalue weighted by molar-refractivity contribution is -0.134. The van der Waals surface area contributed by atoms with E-state index in [1.54, 1.807) is 0 Å².